The highest BCUT2D eigenvalue weighted by Gasteiger charge is 2.42. The smallest absolute Gasteiger partial charge is 0.253 e. The van der Waals surface area contributed by atoms with Crippen LogP contribution in [0.3, 0.4) is 0 Å². The molecule has 1 aliphatic heterocycles. The molecule has 1 saturated heterocycles. The average Bonchev–Trinajstić information content (AvgIpc) is 3.27. The number of benzene rings is 1. The molecule has 0 unspecified atom stereocenters. The summed E-state index contributed by atoms with van der Waals surface area (Å²) >= 11 is 0. The van der Waals surface area contributed by atoms with Gasteiger partial charge in [0, 0.05) is 24.7 Å². The minimum atomic E-state index is -0.681. The maximum absolute atomic E-state index is 12.8. The molecule has 1 aromatic rings. The second-order valence-electron chi connectivity index (χ2n) is 7.89. The molecule has 2 fully saturated rings. The topological polar surface area (TPSA) is 66.6 Å². The van der Waals surface area contributed by atoms with Crippen LogP contribution in [-0.4, -0.2) is 40.6 Å². The van der Waals surface area contributed by atoms with Crippen molar-refractivity contribution in [2.75, 3.05) is 13.1 Å². The van der Waals surface area contributed by atoms with Gasteiger partial charge < -0.3 is 15.7 Å². The summed E-state index contributed by atoms with van der Waals surface area (Å²) in [6.07, 6.45) is 4.00. The van der Waals surface area contributed by atoms with Gasteiger partial charge in [-0.3, -0.25) is 4.79 Å². The van der Waals surface area contributed by atoms with Crippen LogP contribution in [0.15, 0.2) is 24.3 Å². The Morgan fingerprint density at radius 2 is 2.09 bits per heavy atom. The van der Waals surface area contributed by atoms with Gasteiger partial charge in [0.1, 0.15) is 0 Å². The first kappa shape index (κ1) is 16.5. The molecule has 1 saturated carbocycles. The van der Waals surface area contributed by atoms with Crippen molar-refractivity contribution in [1.29, 1.82) is 0 Å². The number of amides is 1. The fourth-order valence-corrected chi connectivity index (χ4v) is 3.54. The predicted molar refractivity (Wildman–Crippen MR) is 91.2 cm³/mol. The Balaban J connectivity index is 1.65. The average molecular weight is 316 g/mol. The summed E-state index contributed by atoms with van der Waals surface area (Å²) in [7, 11) is 0. The molecule has 2 atom stereocenters. The molecule has 3 rings (SSSR count). The summed E-state index contributed by atoms with van der Waals surface area (Å²) in [6.45, 7) is 5.10. The van der Waals surface area contributed by atoms with E-state index in [1.807, 2.05) is 43.0 Å². The van der Waals surface area contributed by atoms with Gasteiger partial charge >= 0.3 is 0 Å². The Labute approximate surface area is 138 Å². The summed E-state index contributed by atoms with van der Waals surface area (Å²) in [6, 6.07) is 7.92. The first-order valence-electron chi connectivity index (χ1n) is 8.70. The van der Waals surface area contributed by atoms with E-state index >= 15 is 0 Å². The molecular weight excluding hydrogens is 288 g/mol. The van der Waals surface area contributed by atoms with Crippen molar-refractivity contribution >= 4 is 5.91 Å². The maximum Gasteiger partial charge on any atom is 0.253 e. The number of carbonyl (C=O) groups is 1. The fraction of sp³-hybridized carbons (Fsp3) is 0.632. The van der Waals surface area contributed by atoms with Gasteiger partial charge in [-0.2, -0.15) is 0 Å². The summed E-state index contributed by atoms with van der Waals surface area (Å²) in [5.74, 6) is 1.31. The lowest BCUT2D eigenvalue weighted by molar-refractivity contribution is 0.0714. The van der Waals surface area contributed by atoms with Gasteiger partial charge in [0.2, 0.25) is 0 Å². The van der Waals surface area contributed by atoms with E-state index in [2.05, 4.69) is 0 Å². The second kappa shape index (κ2) is 6.25. The van der Waals surface area contributed by atoms with Gasteiger partial charge in [0.15, 0.2) is 0 Å². The van der Waals surface area contributed by atoms with Gasteiger partial charge in [-0.1, -0.05) is 12.1 Å². The highest BCUT2D eigenvalue weighted by Crippen LogP contribution is 2.41. The fourth-order valence-electron chi connectivity index (χ4n) is 3.54. The molecule has 3 N–H and O–H groups in total. The van der Waals surface area contributed by atoms with E-state index in [0.29, 0.717) is 18.9 Å². The minimum absolute atomic E-state index is 0.0914. The SMILES string of the molecule is CC(C)(O)CCc1cccc(C(=O)N2C[C@@H](N)[C@H](C3CC3)C2)c1. The van der Waals surface area contributed by atoms with E-state index in [-0.39, 0.29) is 11.9 Å². The lowest BCUT2D eigenvalue weighted by Crippen LogP contribution is -2.32. The molecule has 1 aliphatic carbocycles. The molecule has 4 nitrogen and oxygen atoms in total. The van der Waals surface area contributed by atoms with E-state index in [1.165, 1.54) is 12.8 Å². The third kappa shape index (κ3) is 4.12. The largest absolute Gasteiger partial charge is 0.390 e. The predicted octanol–water partition coefficient (Wildman–Crippen LogP) is 2.20. The number of carbonyl (C=O) groups excluding carboxylic acids is 1. The summed E-state index contributed by atoms with van der Waals surface area (Å²) < 4.78 is 0. The number of aryl methyl sites for hydroxylation is 1. The van der Waals surface area contributed by atoms with Crippen LogP contribution in [0.2, 0.25) is 0 Å². The molecule has 1 aromatic carbocycles. The number of aliphatic hydroxyl groups is 1. The van der Waals surface area contributed by atoms with Gasteiger partial charge in [0.25, 0.3) is 5.91 Å². The minimum Gasteiger partial charge on any atom is -0.390 e. The number of likely N-dealkylation sites (tertiary alicyclic amines) is 1. The number of hydrogen-bond donors (Lipinski definition) is 2. The van der Waals surface area contributed by atoms with Gasteiger partial charge in [-0.15, -0.1) is 0 Å². The van der Waals surface area contributed by atoms with E-state index in [4.69, 9.17) is 5.73 Å². The van der Waals surface area contributed by atoms with Crippen LogP contribution in [0.5, 0.6) is 0 Å². The number of rotatable bonds is 5. The number of hydrogen-bond acceptors (Lipinski definition) is 3. The van der Waals surface area contributed by atoms with Crippen molar-refractivity contribution < 1.29 is 9.90 Å². The molecular formula is C19H28N2O2. The van der Waals surface area contributed by atoms with Crippen molar-refractivity contribution in [3.8, 4) is 0 Å². The van der Waals surface area contributed by atoms with Crippen LogP contribution in [0.4, 0.5) is 0 Å². The summed E-state index contributed by atoms with van der Waals surface area (Å²) in [5.41, 5.74) is 7.38. The Hall–Kier alpha value is -1.39. The van der Waals surface area contributed by atoms with Crippen LogP contribution in [0.1, 0.15) is 49.0 Å². The first-order chi connectivity index (χ1) is 10.8. The van der Waals surface area contributed by atoms with Gasteiger partial charge in [0.05, 0.1) is 5.60 Å². The molecule has 4 heteroatoms. The molecule has 23 heavy (non-hydrogen) atoms. The molecule has 0 spiro atoms. The Kier molecular flexibility index (Phi) is 4.47. The van der Waals surface area contributed by atoms with Crippen molar-refractivity contribution in [2.24, 2.45) is 17.6 Å². The lowest BCUT2D eigenvalue weighted by Gasteiger charge is -2.18. The number of nitrogens with zero attached hydrogens (tertiary/aromatic N) is 1. The highest BCUT2D eigenvalue weighted by atomic mass is 16.3. The quantitative estimate of drug-likeness (QED) is 0.875. The zero-order valence-corrected chi connectivity index (χ0v) is 14.2. The Morgan fingerprint density at radius 1 is 1.35 bits per heavy atom. The lowest BCUT2D eigenvalue weighted by atomic mass is 9.97. The first-order valence-corrected chi connectivity index (χ1v) is 8.70. The molecule has 0 radical (unpaired) electrons. The molecule has 0 bridgehead atoms. The van der Waals surface area contributed by atoms with Crippen molar-refractivity contribution in [3.05, 3.63) is 35.4 Å². The summed E-state index contributed by atoms with van der Waals surface area (Å²) in [4.78, 5) is 14.7. The molecule has 1 heterocycles. The third-order valence-corrected chi connectivity index (χ3v) is 5.13. The van der Waals surface area contributed by atoms with Crippen LogP contribution in [0, 0.1) is 11.8 Å². The Morgan fingerprint density at radius 3 is 2.74 bits per heavy atom. The van der Waals surface area contributed by atoms with Crippen LogP contribution >= 0.6 is 0 Å². The van der Waals surface area contributed by atoms with E-state index in [0.717, 1.165) is 30.0 Å². The summed E-state index contributed by atoms with van der Waals surface area (Å²) in [5, 5.41) is 9.86. The zero-order chi connectivity index (χ0) is 16.6. The normalized spacial score (nSPS) is 25.0. The standard InChI is InChI=1S/C19H28N2O2/c1-19(2,23)9-8-13-4-3-5-15(10-13)18(22)21-11-16(14-6-7-14)17(20)12-21/h3-5,10,14,16-17,23H,6-9,11-12,20H2,1-2H3/t16-,17+/m0/s1. The van der Waals surface area contributed by atoms with Crippen LogP contribution in [-0.2, 0) is 6.42 Å². The zero-order valence-electron chi connectivity index (χ0n) is 14.2. The molecule has 2 aliphatic rings. The monoisotopic (exact) mass is 316 g/mol. The third-order valence-electron chi connectivity index (χ3n) is 5.13. The van der Waals surface area contributed by atoms with E-state index in [9.17, 15) is 9.90 Å². The molecule has 1 amide bonds. The highest BCUT2D eigenvalue weighted by molar-refractivity contribution is 5.94. The van der Waals surface area contributed by atoms with E-state index < -0.39 is 5.60 Å². The second-order valence-corrected chi connectivity index (χ2v) is 7.89. The number of nitrogens with two attached hydrogens (primary N) is 1. The van der Waals surface area contributed by atoms with Gasteiger partial charge in [-0.25, -0.2) is 0 Å². The van der Waals surface area contributed by atoms with Gasteiger partial charge in [-0.05, 0) is 69.1 Å². The van der Waals surface area contributed by atoms with Crippen molar-refractivity contribution in [3.63, 3.8) is 0 Å². The molecule has 126 valence electrons. The Bertz CT molecular complexity index is 575. The maximum atomic E-state index is 12.8. The van der Waals surface area contributed by atoms with Crippen LogP contribution < -0.4 is 5.73 Å². The van der Waals surface area contributed by atoms with Crippen molar-refractivity contribution in [2.45, 2.75) is 51.2 Å². The van der Waals surface area contributed by atoms with Crippen molar-refractivity contribution in [1.82, 2.24) is 4.90 Å². The van der Waals surface area contributed by atoms with Crippen LogP contribution in [0.25, 0.3) is 0 Å². The van der Waals surface area contributed by atoms with E-state index in [1.54, 1.807) is 0 Å². The molecule has 0 aromatic heterocycles.